The number of aromatic amines is 1. The van der Waals surface area contributed by atoms with Crippen LogP contribution in [0.3, 0.4) is 0 Å². The molecule has 0 aliphatic heterocycles. The first kappa shape index (κ1) is 8.11. The van der Waals surface area contributed by atoms with Gasteiger partial charge in [0.1, 0.15) is 17.8 Å². The van der Waals surface area contributed by atoms with Gasteiger partial charge in [0.25, 0.3) is 0 Å². The molecule has 2 aromatic heterocycles. The number of phenols is 1. The lowest BCUT2D eigenvalue weighted by atomic mass is 10.3. The fourth-order valence-electron chi connectivity index (χ4n) is 1.53. The standard InChI is InChI=1S/C11H8N2O2/c14-8-1-2-9-10(5-8)13-11(12-9)7-3-4-15-6-7/h1-6,14H,(H,12,13). The molecule has 2 heterocycles. The molecular formula is C11H8N2O2. The molecule has 0 radical (unpaired) electrons. The lowest BCUT2D eigenvalue weighted by Crippen LogP contribution is -1.73. The maximum atomic E-state index is 9.30. The minimum atomic E-state index is 0.227. The Balaban J connectivity index is 2.22. The van der Waals surface area contributed by atoms with Gasteiger partial charge in [-0.3, -0.25) is 0 Å². The SMILES string of the molecule is Oc1ccc2nc(-c3ccoc3)[nH]c2c1. The quantitative estimate of drug-likeness (QED) is 0.634. The molecule has 0 fully saturated rings. The predicted octanol–water partition coefficient (Wildman–Crippen LogP) is 2.53. The van der Waals surface area contributed by atoms with Crippen LogP contribution >= 0.6 is 0 Å². The van der Waals surface area contributed by atoms with E-state index < -0.39 is 0 Å². The van der Waals surface area contributed by atoms with Crippen LogP contribution in [0.1, 0.15) is 0 Å². The molecule has 0 unspecified atom stereocenters. The second-order valence-electron chi connectivity index (χ2n) is 3.30. The Hall–Kier alpha value is -2.23. The largest absolute Gasteiger partial charge is 0.508 e. The van der Waals surface area contributed by atoms with E-state index in [1.165, 1.54) is 0 Å². The van der Waals surface area contributed by atoms with Crippen LogP contribution in [-0.4, -0.2) is 15.1 Å². The van der Waals surface area contributed by atoms with Crippen LogP contribution in [-0.2, 0) is 0 Å². The predicted molar refractivity (Wildman–Crippen MR) is 55.5 cm³/mol. The van der Waals surface area contributed by atoms with Gasteiger partial charge in [-0.15, -0.1) is 0 Å². The summed E-state index contributed by atoms with van der Waals surface area (Å²) < 4.78 is 4.98. The van der Waals surface area contributed by atoms with E-state index in [9.17, 15) is 5.11 Å². The van der Waals surface area contributed by atoms with Crippen molar-refractivity contribution in [3.63, 3.8) is 0 Å². The van der Waals surface area contributed by atoms with Crippen molar-refractivity contribution in [2.45, 2.75) is 0 Å². The zero-order valence-corrected chi connectivity index (χ0v) is 7.77. The third-order valence-corrected chi connectivity index (χ3v) is 2.26. The summed E-state index contributed by atoms with van der Waals surface area (Å²) in [5.41, 5.74) is 2.53. The van der Waals surface area contributed by atoms with Crippen LogP contribution in [0.25, 0.3) is 22.4 Å². The van der Waals surface area contributed by atoms with Gasteiger partial charge in [-0.25, -0.2) is 4.98 Å². The summed E-state index contributed by atoms with van der Waals surface area (Å²) in [6.07, 6.45) is 3.22. The van der Waals surface area contributed by atoms with E-state index in [0.717, 1.165) is 22.4 Å². The molecule has 15 heavy (non-hydrogen) atoms. The average molecular weight is 200 g/mol. The second-order valence-corrected chi connectivity index (χ2v) is 3.30. The Morgan fingerprint density at radius 1 is 1.27 bits per heavy atom. The van der Waals surface area contributed by atoms with Crippen LogP contribution in [0.15, 0.2) is 41.2 Å². The van der Waals surface area contributed by atoms with Gasteiger partial charge in [-0.05, 0) is 18.2 Å². The van der Waals surface area contributed by atoms with Crippen LogP contribution in [0.4, 0.5) is 0 Å². The van der Waals surface area contributed by atoms with Gasteiger partial charge in [0.05, 0.1) is 22.9 Å². The first-order valence-electron chi connectivity index (χ1n) is 4.54. The molecule has 0 bridgehead atoms. The van der Waals surface area contributed by atoms with Gasteiger partial charge >= 0.3 is 0 Å². The Labute approximate surface area is 85.2 Å². The maximum Gasteiger partial charge on any atom is 0.141 e. The summed E-state index contributed by atoms with van der Waals surface area (Å²) in [6, 6.07) is 6.86. The molecule has 3 aromatic rings. The number of nitrogens with zero attached hydrogens (tertiary/aromatic N) is 1. The lowest BCUT2D eigenvalue weighted by molar-refractivity contribution is 0.476. The molecule has 0 aliphatic carbocycles. The van der Waals surface area contributed by atoms with Gasteiger partial charge in [-0.2, -0.15) is 0 Å². The number of phenolic OH excluding ortho intramolecular Hbond substituents is 1. The van der Waals surface area contributed by atoms with E-state index in [2.05, 4.69) is 9.97 Å². The van der Waals surface area contributed by atoms with Crippen molar-refractivity contribution >= 4 is 11.0 Å². The highest BCUT2D eigenvalue weighted by atomic mass is 16.3. The summed E-state index contributed by atoms with van der Waals surface area (Å²) in [6.45, 7) is 0. The molecule has 2 N–H and O–H groups in total. The molecule has 0 spiro atoms. The lowest BCUT2D eigenvalue weighted by Gasteiger charge is -1.88. The fraction of sp³-hybridized carbons (Fsp3) is 0. The summed E-state index contributed by atoms with van der Waals surface area (Å²) in [7, 11) is 0. The number of hydrogen-bond acceptors (Lipinski definition) is 3. The van der Waals surface area contributed by atoms with Gasteiger partial charge < -0.3 is 14.5 Å². The average Bonchev–Trinajstić information content (AvgIpc) is 2.84. The van der Waals surface area contributed by atoms with Crippen molar-refractivity contribution in [2.75, 3.05) is 0 Å². The monoisotopic (exact) mass is 200 g/mol. The summed E-state index contributed by atoms with van der Waals surface area (Å²) >= 11 is 0. The van der Waals surface area contributed by atoms with E-state index in [-0.39, 0.29) is 5.75 Å². The van der Waals surface area contributed by atoms with Crippen LogP contribution < -0.4 is 0 Å². The number of rotatable bonds is 1. The number of furan rings is 1. The van der Waals surface area contributed by atoms with E-state index in [1.807, 2.05) is 6.07 Å². The first-order valence-corrected chi connectivity index (χ1v) is 4.54. The van der Waals surface area contributed by atoms with Crippen LogP contribution in [0.2, 0.25) is 0 Å². The Morgan fingerprint density at radius 2 is 2.20 bits per heavy atom. The molecule has 0 amide bonds. The zero-order chi connectivity index (χ0) is 10.3. The molecule has 74 valence electrons. The molecular weight excluding hydrogens is 192 g/mol. The smallest absolute Gasteiger partial charge is 0.141 e. The molecule has 0 saturated heterocycles. The Morgan fingerprint density at radius 3 is 3.00 bits per heavy atom. The number of nitrogens with one attached hydrogen (secondary N) is 1. The highest BCUT2D eigenvalue weighted by Crippen LogP contribution is 2.23. The number of aromatic hydroxyl groups is 1. The third-order valence-electron chi connectivity index (χ3n) is 2.26. The number of fused-ring (bicyclic) bond motifs is 1. The Bertz CT molecular complexity index is 596. The van der Waals surface area contributed by atoms with Gasteiger partial charge in [0, 0.05) is 6.07 Å². The van der Waals surface area contributed by atoms with Crippen molar-refractivity contribution < 1.29 is 9.52 Å². The molecule has 4 heteroatoms. The highest BCUT2D eigenvalue weighted by molar-refractivity contribution is 5.80. The number of aromatic nitrogens is 2. The van der Waals surface area contributed by atoms with Crippen molar-refractivity contribution in [1.82, 2.24) is 9.97 Å². The fourth-order valence-corrected chi connectivity index (χ4v) is 1.53. The van der Waals surface area contributed by atoms with Crippen molar-refractivity contribution in [3.8, 4) is 17.1 Å². The first-order chi connectivity index (χ1) is 7.33. The van der Waals surface area contributed by atoms with Crippen LogP contribution in [0, 0.1) is 0 Å². The maximum absolute atomic E-state index is 9.30. The zero-order valence-electron chi connectivity index (χ0n) is 7.77. The normalized spacial score (nSPS) is 10.9. The minimum absolute atomic E-state index is 0.227. The van der Waals surface area contributed by atoms with Crippen molar-refractivity contribution in [2.24, 2.45) is 0 Å². The van der Waals surface area contributed by atoms with Gasteiger partial charge in [0.15, 0.2) is 0 Å². The summed E-state index contributed by atoms with van der Waals surface area (Å²) in [5, 5.41) is 9.30. The molecule has 1 aromatic carbocycles. The topological polar surface area (TPSA) is 62.1 Å². The van der Waals surface area contributed by atoms with Gasteiger partial charge in [-0.1, -0.05) is 0 Å². The molecule has 0 atom stereocenters. The second kappa shape index (κ2) is 2.88. The molecule has 4 nitrogen and oxygen atoms in total. The number of imidazole rings is 1. The summed E-state index contributed by atoms with van der Waals surface area (Å²) in [4.78, 5) is 7.48. The van der Waals surface area contributed by atoms with E-state index in [1.54, 1.807) is 30.7 Å². The van der Waals surface area contributed by atoms with E-state index in [0.29, 0.717) is 0 Å². The number of H-pyrrole nitrogens is 1. The van der Waals surface area contributed by atoms with E-state index >= 15 is 0 Å². The highest BCUT2D eigenvalue weighted by Gasteiger charge is 2.06. The van der Waals surface area contributed by atoms with Crippen molar-refractivity contribution in [3.05, 3.63) is 36.8 Å². The van der Waals surface area contributed by atoms with Crippen LogP contribution in [0.5, 0.6) is 5.75 Å². The van der Waals surface area contributed by atoms with Gasteiger partial charge in [0.2, 0.25) is 0 Å². The molecule has 3 rings (SSSR count). The van der Waals surface area contributed by atoms with E-state index in [4.69, 9.17) is 4.42 Å². The molecule has 0 aliphatic rings. The third kappa shape index (κ3) is 1.27. The number of hydrogen-bond donors (Lipinski definition) is 2. The van der Waals surface area contributed by atoms with Crippen molar-refractivity contribution in [1.29, 1.82) is 0 Å². The summed E-state index contributed by atoms with van der Waals surface area (Å²) in [5.74, 6) is 0.967. The Kier molecular flexibility index (Phi) is 1.56. The minimum Gasteiger partial charge on any atom is -0.508 e. The molecule has 0 saturated carbocycles. The number of benzene rings is 1.